The van der Waals surface area contributed by atoms with Crippen molar-refractivity contribution in [2.75, 3.05) is 29.9 Å². The highest BCUT2D eigenvalue weighted by molar-refractivity contribution is 7.89. The third-order valence-electron chi connectivity index (χ3n) is 5.46. The molecule has 0 unspecified atom stereocenters. The van der Waals surface area contributed by atoms with Crippen molar-refractivity contribution in [3.63, 3.8) is 0 Å². The van der Waals surface area contributed by atoms with Crippen molar-refractivity contribution in [2.45, 2.75) is 30.6 Å². The number of aromatic nitrogens is 1. The van der Waals surface area contributed by atoms with E-state index in [1.165, 1.54) is 31.4 Å². The van der Waals surface area contributed by atoms with Crippen LogP contribution in [0.5, 0.6) is 0 Å². The molecule has 1 fully saturated rings. The first-order chi connectivity index (χ1) is 15.0. The molecule has 0 bridgehead atoms. The lowest BCUT2D eigenvalue weighted by molar-refractivity contribution is -0.116. The molecule has 162 valence electrons. The van der Waals surface area contributed by atoms with Gasteiger partial charge < -0.3 is 10.2 Å². The molecule has 1 saturated heterocycles. The summed E-state index contributed by atoms with van der Waals surface area (Å²) in [7, 11) is -3.63. The molecule has 1 amide bonds. The Labute approximate surface area is 182 Å². The molecule has 0 radical (unpaired) electrons. The molecule has 3 aromatic rings. The van der Waals surface area contributed by atoms with Crippen LogP contribution in [0.15, 0.2) is 65.8 Å². The number of fused-ring (bicyclic) bond motifs is 1. The molecule has 8 heteroatoms. The van der Waals surface area contributed by atoms with Crippen LogP contribution in [-0.2, 0) is 14.8 Å². The SMILES string of the molecule is O=C(CCNS(=O)(=O)c1ccccc1)Nc1ccc(N2CCCCC2)c2ccncc12. The van der Waals surface area contributed by atoms with Crippen LogP contribution < -0.4 is 14.9 Å². The number of benzene rings is 2. The minimum Gasteiger partial charge on any atom is -0.371 e. The van der Waals surface area contributed by atoms with Crippen LogP contribution in [-0.4, -0.2) is 38.9 Å². The van der Waals surface area contributed by atoms with Crippen molar-refractivity contribution in [1.82, 2.24) is 9.71 Å². The highest BCUT2D eigenvalue weighted by Crippen LogP contribution is 2.33. The van der Waals surface area contributed by atoms with Gasteiger partial charge in [-0.2, -0.15) is 0 Å². The topological polar surface area (TPSA) is 91.4 Å². The number of rotatable bonds is 7. The number of pyridine rings is 1. The third kappa shape index (κ3) is 5.03. The van der Waals surface area contributed by atoms with Gasteiger partial charge in [0.1, 0.15) is 0 Å². The average molecular weight is 439 g/mol. The second kappa shape index (κ2) is 9.45. The van der Waals surface area contributed by atoms with Crippen molar-refractivity contribution in [3.8, 4) is 0 Å². The summed E-state index contributed by atoms with van der Waals surface area (Å²) < 4.78 is 27.0. The predicted molar refractivity (Wildman–Crippen MR) is 123 cm³/mol. The number of sulfonamides is 1. The normalized spacial score (nSPS) is 14.5. The fourth-order valence-corrected chi connectivity index (χ4v) is 4.94. The lowest BCUT2D eigenvalue weighted by Crippen LogP contribution is -2.29. The first-order valence-corrected chi connectivity index (χ1v) is 12.0. The van der Waals surface area contributed by atoms with E-state index >= 15 is 0 Å². The van der Waals surface area contributed by atoms with Gasteiger partial charge in [-0.1, -0.05) is 18.2 Å². The Bertz CT molecular complexity index is 1160. The van der Waals surface area contributed by atoms with Crippen LogP contribution in [0.25, 0.3) is 10.8 Å². The van der Waals surface area contributed by atoms with Gasteiger partial charge >= 0.3 is 0 Å². The van der Waals surface area contributed by atoms with Crippen LogP contribution >= 0.6 is 0 Å². The maximum atomic E-state index is 12.5. The number of hydrogen-bond donors (Lipinski definition) is 2. The van der Waals surface area contributed by atoms with E-state index in [2.05, 4.69) is 19.9 Å². The van der Waals surface area contributed by atoms with E-state index < -0.39 is 10.0 Å². The van der Waals surface area contributed by atoms with E-state index in [0.717, 1.165) is 29.5 Å². The Hall–Kier alpha value is -2.97. The molecule has 7 nitrogen and oxygen atoms in total. The van der Waals surface area contributed by atoms with Gasteiger partial charge in [-0.3, -0.25) is 9.78 Å². The zero-order valence-electron chi connectivity index (χ0n) is 17.3. The van der Waals surface area contributed by atoms with Gasteiger partial charge in [0.2, 0.25) is 15.9 Å². The molecule has 4 rings (SSSR count). The largest absolute Gasteiger partial charge is 0.371 e. The molecule has 31 heavy (non-hydrogen) atoms. The number of nitrogens with zero attached hydrogens (tertiary/aromatic N) is 2. The number of carbonyl (C=O) groups is 1. The highest BCUT2D eigenvalue weighted by atomic mass is 32.2. The molecule has 1 aliphatic rings. The second-order valence-corrected chi connectivity index (χ2v) is 9.38. The first kappa shape index (κ1) is 21.3. The summed E-state index contributed by atoms with van der Waals surface area (Å²) >= 11 is 0. The number of nitrogens with one attached hydrogen (secondary N) is 2. The minimum absolute atomic E-state index is 0.0190. The zero-order chi connectivity index (χ0) is 21.7. The van der Waals surface area contributed by atoms with Crippen molar-refractivity contribution in [1.29, 1.82) is 0 Å². The second-order valence-electron chi connectivity index (χ2n) is 7.61. The molecule has 0 spiro atoms. The molecule has 2 heterocycles. The number of piperidine rings is 1. The van der Waals surface area contributed by atoms with Gasteiger partial charge in [0.15, 0.2) is 0 Å². The minimum atomic E-state index is -3.63. The summed E-state index contributed by atoms with van der Waals surface area (Å²) in [4.78, 5) is 19.3. The number of hydrogen-bond acceptors (Lipinski definition) is 5. The van der Waals surface area contributed by atoms with Crippen LogP contribution in [0, 0.1) is 0 Å². The van der Waals surface area contributed by atoms with Crippen LogP contribution in [0.3, 0.4) is 0 Å². The smallest absolute Gasteiger partial charge is 0.240 e. The standard InChI is InChI=1S/C23H26N4O3S/c28-23(12-14-25-31(29,30)18-7-3-1-4-8-18)26-21-9-10-22(27-15-5-2-6-16-27)19-11-13-24-17-20(19)21/h1,3-4,7-11,13,17,25H,2,5-6,12,14-16H2,(H,26,28). The van der Waals surface area contributed by atoms with E-state index in [1.54, 1.807) is 30.6 Å². The van der Waals surface area contributed by atoms with Gasteiger partial charge in [-0.15, -0.1) is 0 Å². The highest BCUT2D eigenvalue weighted by Gasteiger charge is 2.17. The Morgan fingerprint density at radius 1 is 0.968 bits per heavy atom. The van der Waals surface area contributed by atoms with E-state index in [9.17, 15) is 13.2 Å². The van der Waals surface area contributed by atoms with Crippen LogP contribution in [0.2, 0.25) is 0 Å². The lowest BCUT2D eigenvalue weighted by atomic mass is 10.0. The van der Waals surface area contributed by atoms with E-state index in [-0.39, 0.29) is 23.8 Å². The average Bonchev–Trinajstić information content (AvgIpc) is 2.80. The molecule has 2 N–H and O–H groups in total. The zero-order valence-corrected chi connectivity index (χ0v) is 18.1. The monoisotopic (exact) mass is 438 g/mol. The summed E-state index contributed by atoms with van der Waals surface area (Å²) in [6.07, 6.45) is 7.18. The molecule has 2 aromatic carbocycles. The molecule has 1 aliphatic heterocycles. The molecular formula is C23H26N4O3S. The van der Waals surface area contributed by atoms with E-state index in [4.69, 9.17) is 0 Å². The Balaban J connectivity index is 1.43. The van der Waals surface area contributed by atoms with E-state index in [0.29, 0.717) is 5.69 Å². The van der Waals surface area contributed by atoms with Gasteiger partial charge in [-0.05, 0) is 49.6 Å². The predicted octanol–water partition coefficient (Wildman–Crippen LogP) is 3.53. The van der Waals surface area contributed by atoms with Gasteiger partial charge in [0.05, 0.1) is 10.6 Å². The Morgan fingerprint density at radius 3 is 2.52 bits per heavy atom. The molecule has 1 aromatic heterocycles. The Kier molecular flexibility index (Phi) is 6.48. The first-order valence-electron chi connectivity index (χ1n) is 10.5. The number of carbonyl (C=O) groups excluding carboxylic acids is 1. The van der Waals surface area contributed by atoms with Crippen molar-refractivity contribution >= 4 is 38.1 Å². The van der Waals surface area contributed by atoms with E-state index in [1.807, 2.05) is 18.2 Å². The maximum absolute atomic E-state index is 12.5. The molecule has 0 aliphatic carbocycles. The van der Waals surface area contributed by atoms with Gasteiger partial charge in [0, 0.05) is 54.9 Å². The fourth-order valence-electron chi connectivity index (χ4n) is 3.89. The van der Waals surface area contributed by atoms with Crippen molar-refractivity contribution in [3.05, 3.63) is 60.9 Å². The number of amides is 1. The third-order valence-corrected chi connectivity index (χ3v) is 6.94. The van der Waals surface area contributed by atoms with Crippen LogP contribution in [0.1, 0.15) is 25.7 Å². The summed E-state index contributed by atoms with van der Waals surface area (Å²) in [6, 6.07) is 14.0. The maximum Gasteiger partial charge on any atom is 0.240 e. The molecular weight excluding hydrogens is 412 g/mol. The lowest BCUT2D eigenvalue weighted by Gasteiger charge is -2.30. The number of anilines is 2. The fraction of sp³-hybridized carbons (Fsp3) is 0.304. The van der Waals surface area contributed by atoms with Crippen LogP contribution in [0.4, 0.5) is 11.4 Å². The molecule has 0 saturated carbocycles. The van der Waals surface area contributed by atoms with Crippen molar-refractivity contribution < 1.29 is 13.2 Å². The van der Waals surface area contributed by atoms with Gasteiger partial charge in [-0.25, -0.2) is 13.1 Å². The van der Waals surface area contributed by atoms with Crippen molar-refractivity contribution in [2.24, 2.45) is 0 Å². The summed E-state index contributed by atoms with van der Waals surface area (Å²) in [5, 5.41) is 4.84. The summed E-state index contributed by atoms with van der Waals surface area (Å²) in [6.45, 7) is 2.08. The Morgan fingerprint density at radius 2 is 1.74 bits per heavy atom. The van der Waals surface area contributed by atoms with Gasteiger partial charge in [0.25, 0.3) is 0 Å². The summed E-state index contributed by atoms with van der Waals surface area (Å²) in [5.74, 6) is -0.258. The molecule has 0 atom stereocenters. The summed E-state index contributed by atoms with van der Waals surface area (Å²) in [5.41, 5.74) is 1.84. The quantitative estimate of drug-likeness (QED) is 0.589.